The molecule has 0 spiro atoms. The molecule has 0 radical (unpaired) electrons. The maximum atomic E-state index is 11.8. The molecule has 0 aliphatic rings. The van der Waals surface area contributed by atoms with Crippen LogP contribution in [0.1, 0.15) is 31.1 Å². The molecule has 0 saturated carbocycles. The van der Waals surface area contributed by atoms with Crippen LogP contribution in [-0.4, -0.2) is 23.1 Å². The molecule has 0 saturated heterocycles. The van der Waals surface area contributed by atoms with Gasteiger partial charge in [0.2, 0.25) is 0 Å². The van der Waals surface area contributed by atoms with E-state index in [2.05, 4.69) is 6.58 Å². The highest BCUT2D eigenvalue weighted by molar-refractivity contribution is 5.96. The number of hydrogen-bond acceptors (Lipinski definition) is 5. The number of aromatic hydroxyl groups is 1. The summed E-state index contributed by atoms with van der Waals surface area (Å²) < 4.78 is 10.0. The van der Waals surface area contributed by atoms with Gasteiger partial charge in [-0.05, 0) is 39.0 Å². The average Bonchev–Trinajstić information content (AvgIpc) is 2.30. The lowest BCUT2D eigenvalue weighted by Crippen LogP contribution is -2.15. The molecule has 0 unspecified atom stereocenters. The highest BCUT2D eigenvalue weighted by Gasteiger charge is 2.18. The number of esters is 2. The van der Waals surface area contributed by atoms with Crippen molar-refractivity contribution in [1.82, 2.24) is 0 Å². The van der Waals surface area contributed by atoms with Crippen molar-refractivity contribution in [2.45, 2.75) is 26.9 Å². The molecular weight excluding hydrogens is 248 g/mol. The van der Waals surface area contributed by atoms with Crippen molar-refractivity contribution >= 4 is 11.9 Å². The minimum absolute atomic E-state index is 0.0108. The third-order valence-electron chi connectivity index (χ3n) is 2.08. The molecule has 102 valence electrons. The van der Waals surface area contributed by atoms with E-state index in [1.165, 1.54) is 25.1 Å². The van der Waals surface area contributed by atoms with Gasteiger partial charge in [-0.2, -0.15) is 0 Å². The standard InChI is InChI=1S/C14H16O5/c1-8(2)13(16)19-12-6-5-10(15)7-11(12)14(17)18-9(3)4/h5-7,9,15H,1H2,2-4H3. The van der Waals surface area contributed by atoms with Crippen LogP contribution in [-0.2, 0) is 9.53 Å². The van der Waals surface area contributed by atoms with Gasteiger partial charge in [-0.1, -0.05) is 6.58 Å². The number of carbonyl (C=O) groups is 2. The second kappa shape index (κ2) is 6.04. The predicted molar refractivity (Wildman–Crippen MR) is 69.1 cm³/mol. The zero-order valence-corrected chi connectivity index (χ0v) is 11.1. The van der Waals surface area contributed by atoms with Gasteiger partial charge in [0, 0.05) is 5.57 Å². The van der Waals surface area contributed by atoms with Crippen LogP contribution in [0, 0.1) is 0 Å². The molecule has 19 heavy (non-hydrogen) atoms. The number of phenols is 1. The second-order valence-corrected chi connectivity index (χ2v) is 4.30. The van der Waals surface area contributed by atoms with Crippen LogP contribution < -0.4 is 4.74 Å². The topological polar surface area (TPSA) is 72.8 Å². The molecule has 0 atom stereocenters. The Labute approximate surface area is 111 Å². The molecule has 0 bridgehead atoms. The number of ether oxygens (including phenoxy) is 2. The van der Waals surface area contributed by atoms with Crippen LogP contribution in [0.3, 0.4) is 0 Å². The molecule has 0 aliphatic heterocycles. The Hall–Kier alpha value is -2.30. The molecule has 1 rings (SSSR count). The fraction of sp³-hybridized carbons (Fsp3) is 0.286. The summed E-state index contributed by atoms with van der Waals surface area (Å²) in [5.41, 5.74) is 0.194. The monoisotopic (exact) mass is 264 g/mol. The Morgan fingerprint density at radius 2 is 1.95 bits per heavy atom. The van der Waals surface area contributed by atoms with Gasteiger partial charge in [0.1, 0.15) is 17.1 Å². The van der Waals surface area contributed by atoms with Crippen molar-refractivity contribution in [3.63, 3.8) is 0 Å². The Balaban J connectivity index is 3.07. The molecule has 0 amide bonds. The second-order valence-electron chi connectivity index (χ2n) is 4.30. The first kappa shape index (κ1) is 14.8. The normalized spacial score (nSPS) is 10.1. The summed E-state index contributed by atoms with van der Waals surface area (Å²) >= 11 is 0. The summed E-state index contributed by atoms with van der Waals surface area (Å²) in [6.45, 7) is 8.34. The van der Waals surface area contributed by atoms with Crippen molar-refractivity contribution in [3.05, 3.63) is 35.9 Å². The minimum Gasteiger partial charge on any atom is -0.508 e. The number of rotatable bonds is 4. The van der Waals surface area contributed by atoms with E-state index in [4.69, 9.17) is 9.47 Å². The summed E-state index contributed by atoms with van der Waals surface area (Å²) in [4.78, 5) is 23.3. The first-order valence-corrected chi connectivity index (χ1v) is 5.73. The molecule has 0 aliphatic carbocycles. The van der Waals surface area contributed by atoms with Gasteiger partial charge in [-0.25, -0.2) is 9.59 Å². The molecule has 5 heteroatoms. The van der Waals surface area contributed by atoms with E-state index in [-0.39, 0.29) is 28.7 Å². The zero-order chi connectivity index (χ0) is 14.6. The van der Waals surface area contributed by atoms with Crippen LogP contribution >= 0.6 is 0 Å². The molecular formula is C14H16O5. The van der Waals surface area contributed by atoms with Gasteiger partial charge in [-0.3, -0.25) is 0 Å². The Morgan fingerprint density at radius 1 is 1.32 bits per heavy atom. The molecule has 0 aromatic heterocycles. The van der Waals surface area contributed by atoms with E-state index >= 15 is 0 Å². The van der Waals surface area contributed by atoms with Gasteiger partial charge < -0.3 is 14.6 Å². The van der Waals surface area contributed by atoms with Crippen LogP contribution in [0.15, 0.2) is 30.4 Å². The lowest BCUT2D eigenvalue weighted by Gasteiger charge is -2.12. The number of benzene rings is 1. The highest BCUT2D eigenvalue weighted by atomic mass is 16.6. The van der Waals surface area contributed by atoms with E-state index in [0.717, 1.165) is 0 Å². The quantitative estimate of drug-likeness (QED) is 0.513. The first-order valence-electron chi connectivity index (χ1n) is 5.73. The molecule has 0 heterocycles. The van der Waals surface area contributed by atoms with Crippen LogP contribution in [0.25, 0.3) is 0 Å². The number of phenolic OH excluding ortho intramolecular Hbond substituents is 1. The van der Waals surface area contributed by atoms with Gasteiger partial charge >= 0.3 is 11.9 Å². The number of hydrogen-bond donors (Lipinski definition) is 1. The summed E-state index contributed by atoms with van der Waals surface area (Å²) in [6, 6.07) is 3.83. The van der Waals surface area contributed by atoms with Crippen LogP contribution in [0.5, 0.6) is 11.5 Å². The van der Waals surface area contributed by atoms with Crippen LogP contribution in [0.2, 0.25) is 0 Å². The van der Waals surface area contributed by atoms with Gasteiger partial charge in [0.25, 0.3) is 0 Å². The number of carbonyl (C=O) groups excluding carboxylic acids is 2. The fourth-order valence-electron chi connectivity index (χ4n) is 1.23. The Bertz CT molecular complexity index is 517. The van der Waals surface area contributed by atoms with Crippen molar-refractivity contribution < 1.29 is 24.2 Å². The van der Waals surface area contributed by atoms with E-state index in [1.54, 1.807) is 13.8 Å². The van der Waals surface area contributed by atoms with E-state index in [1.807, 2.05) is 0 Å². The Kier molecular flexibility index (Phi) is 4.69. The maximum Gasteiger partial charge on any atom is 0.342 e. The van der Waals surface area contributed by atoms with Gasteiger partial charge in [0.15, 0.2) is 0 Å². The maximum absolute atomic E-state index is 11.8. The molecule has 0 fully saturated rings. The van der Waals surface area contributed by atoms with Crippen molar-refractivity contribution in [2.24, 2.45) is 0 Å². The third kappa shape index (κ3) is 4.13. The minimum atomic E-state index is -0.671. The SMILES string of the molecule is C=C(C)C(=O)Oc1ccc(O)cc1C(=O)OC(C)C. The van der Waals surface area contributed by atoms with Crippen molar-refractivity contribution in [1.29, 1.82) is 0 Å². The molecule has 5 nitrogen and oxygen atoms in total. The van der Waals surface area contributed by atoms with Crippen molar-refractivity contribution in [2.75, 3.05) is 0 Å². The lowest BCUT2D eigenvalue weighted by molar-refractivity contribution is -0.130. The fourth-order valence-corrected chi connectivity index (χ4v) is 1.23. The largest absolute Gasteiger partial charge is 0.508 e. The summed E-state index contributed by atoms with van der Waals surface area (Å²) in [5, 5.41) is 9.40. The summed E-state index contributed by atoms with van der Waals surface area (Å²) in [7, 11) is 0. The van der Waals surface area contributed by atoms with E-state index < -0.39 is 11.9 Å². The first-order chi connectivity index (χ1) is 8.81. The Morgan fingerprint density at radius 3 is 2.47 bits per heavy atom. The molecule has 1 aromatic rings. The predicted octanol–water partition coefficient (Wildman–Crippen LogP) is 2.44. The van der Waals surface area contributed by atoms with Gasteiger partial charge in [0.05, 0.1) is 6.10 Å². The summed E-state index contributed by atoms with van der Waals surface area (Å²) in [6.07, 6.45) is -0.320. The third-order valence-corrected chi connectivity index (χ3v) is 2.08. The molecule has 1 aromatic carbocycles. The van der Waals surface area contributed by atoms with E-state index in [9.17, 15) is 14.7 Å². The van der Waals surface area contributed by atoms with Gasteiger partial charge in [-0.15, -0.1) is 0 Å². The van der Waals surface area contributed by atoms with Crippen molar-refractivity contribution in [3.8, 4) is 11.5 Å². The van der Waals surface area contributed by atoms with Crippen LogP contribution in [0.4, 0.5) is 0 Å². The smallest absolute Gasteiger partial charge is 0.342 e. The lowest BCUT2D eigenvalue weighted by atomic mass is 10.2. The highest BCUT2D eigenvalue weighted by Crippen LogP contribution is 2.25. The van der Waals surface area contributed by atoms with E-state index in [0.29, 0.717) is 0 Å². The average molecular weight is 264 g/mol. The summed E-state index contributed by atoms with van der Waals surface area (Å²) in [5.74, 6) is -1.41. The molecule has 1 N–H and O–H groups in total. The zero-order valence-electron chi connectivity index (χ0n) is 11.1.